The van der Waals surface area contributed by atoms with Crippen LogP contribution in [0.15, 0.2) is 41.1 Å². The molecule has 0 saturated heterocycles. The monoisotopic (exact) mass is 295 g/mol. The topological polar surface area (TPSA) is 61.0 Å². The van der Waals surface area contributed by atoms with Crippen LogP contribution in [0, 0.1) is 20.8 Å². The predicted octanol–water partition coefficient (Wildman–Crippen LogP) is 3.64. The second-order valence-electron chi connectivity index (χ2n) is 5.22. The second kappa shape index (κ2) is 5.97. The van der Waals surface area contributed by atoms with Crippen LogP contribution in [0.25, 0.3) is 11.5 Å². The molecule has 5 nitrogen and oxygen atoms in total. The van der Waals surface area contributed by atoms with E-state index in [1.165, 1.54) is 5.56 Å². The summed E-state index contributed by atoms with van der Waals surface area (Å²) in [7, 11) is 0. The van der Waals surface area contributed by atoms with Crippen LogP contribution < -0.4 is 4.74 Å². The lowest BCUT2D eigenvalue weighted by Gasteiger charge is -2.10. The van der Waals surface area contributed by atoms with Crippen LogP contribution in [0.3, 0.4) is 0 Å². The molecule has 0 atom stereocenters. The van der Waals surface area contributed by atoms with E-state index in [0.29, 0.717) is 17.4 Å². The lowest BCUT2D eigenvalue weighted by Crippen LogP contribution is -1.99. The zero-order valence-corrected chi connectivity index (χ0v) is 12.8. The van der Waals surface area contributed by atoms with Gasteiger partial charge in [0.15, 0.2) is 6.61 Å². The summed E-state index contributed by atoms with van der Waals surface area (Å²) in [5, 5.41) is 3.93. The molecule has 0 spiro atoms. The van der Waals surface area contributed by atoms with Crippen molar-refractivity contribution >= 4 is 0 Å². The number of aryl methyl sites for hydroxylation is 2. The Labute approximate surface area is 129 Å². The molecule has 0 fully saturated rings. The smallest absolute Gasteiger partial charge is 0.264 e. The fraction of sp³-hybridized carbons (Fsp3) is 0.235. The molecule has 22 heavy (non-hydrogen) atoms. The highest BCUT2D eigenvalue weighted by Gasteiger charge is 2.11. The number of nitrogens with zero attached hydrogens (tertiary/aromatic N) is 3. The zero-order valence-electron chi connectivity index (χ0n) is 12.8. The van der Waals surface area contributed by atoms with Crippen LogP contribution in [-0.4, -0.2) is 15.1 Å². The van der Waals surface area contributed by atoms with E-state index in [0.717, 1.165) is 16.9 Å². The second-order valence-corrected chi connectivity index (χ2v) is 5.22. The summed E-state index contributed by atoms with van der Waals surface area (Å²) in [5.74, 6) is 1.74. The Morgan fingerprint density at radius 1 is 1.14 bits per heavy atom. The fourth-order valence-electron chi connectivity index (χ4n) is 2.20. The van der Waals surface area contributed by atoms with Crippen LogP contribution in [0.2, 0.25) is 0 Å². The summed E-state index contributed by atoms with van der Waals surface area (Å²) in [6, 6.07) is 9.71. The van der Waals surface area contributed by atoms with Gasteiger partial charge in [0.25, 0.3) is 5.89 Å². The van der Waals surface area contributed by atoms with Gasteiger partial charge in [-0.15, -0.1) is 0 Å². The van der Waals surface area contributed by atoms with Gasteiger partial charge >= 0.3 is 0 Å². The fourth-order valence-corrected chi connectivity index (χ4v) is 2.20. The van der Waals surface area contributed by atoms with E-state index >= 15 is 0 Å². The molecule has 0 aliphatic heterocycles. The molecule has 2 aromatic heterocycles. The number of ether oxygens (including phenoxy) is 1. The van der Waals surface area contributed by atoms with Gasteiger partial charge in [-0.1, -0.05) is 17.3 Å². The van der Waals surface area contributed by atoms with Crippen molar-refractivity contribution in [3.8, 4) is 17.3 Å². The number of rotatable bonds is 4. The molecular formula is C17H17N3O2. The van der Waals surface area contributed by atoms with Gasteiger partial charge in [0.1, 0.15) is 11.4 Å². The molecule has 0 radical (unpaired) electrons. The zero-order chi connectivity index (χ0) is 15.5. The van der Waals surface area contributed by atoms with Crippen LogP contribution in [0.5, 0.6) is 5.75 Å². The average molecular weight is 295 g/mol. The molecule has 0 saturated carbocycles. The van der Waals surface area contributed by atoms with Crippen LogP contribution in [-0.2, 0) is 6.61 Å². The summed E-state index contributed by atoms with van der Waals surface area (Å²) in [6.45, 7) is 6.40. The first-order valence-electron chi connectivity index (χ1n) is 7.08. The minimum atomic E-state index is 0.240. The van der Waals surface area contributed by atoms with Gasteiger partial charge in [-0.25, -0.2) is 0 Å². The van der Waals surface area contributed by atoms with Crippen LogP contribution in [0.4, 0.5) is 0 Å². The van der Waals surface area contributed by atoms with Crippen molar-refractivity contribution in [1.29, 1.82) is 0 Å². The first-order chi connectivity index (χ1) is 10.6. The maximum absolute atomic E-state index is 5.82. The molecule has 0 N–H and O–H groups in total. The third-order valence-corrected chi connectivity index (χ3v) is 3.48. The SMILES string of the molecule is Cc1cc(C)c(C)c(OCc2nc(-c3ccccn3)no2)c1. The summed E-state index contributed by atoms with van der Waals surface area (Å²) in [4.78, 5) is 8.50. The van der Waals surface area contributed by atoms with Gasteiger partial charge in [0.2, 0.25) is 5.82 Å². The molecule has 0 unspecified atom stereocenters. The number of benzene rings is 1. The molecule has 0 bridgehead atoms. The Morgan fingerprint density at radius 2 is 2.00 bits per heavy atom. The summed E-state index contributed by atoms with van der Waals surface area (Å²) in [5.41, 5.74) is 4.17. The first-order valence-corrected chi connectivity index (χ1v) is 7.08. The molecule has 112 valence electrons. The van der Waals surface area contributed by atoms with Gasteiger partial charge in [-0.05, 0) is 55.7 Å². The number of hydrogen-bond donors (Lipinski definition) is 0. The minimum Gasteiger partial charge on any atom is -0.483 e. The van der Waals surface area contributed by atoms with Gasteiger partial charge in [-0.2, -0.15) is 4.98 Å². The normalized spacial score (nSPS) is 10.7. The van der Waals surface area contributed by atoms with Gasteiger partial charge < -0.3 is 9.26 Å². The average Bonchev–Trinajstić information content (AvgIpc) is 2.99. The van der Waals surface area contributed by atoms with Crippen molar-refractivity contribution in [2.24, 2.45) is 0 Å². The van der Waals surface area contributed by atoms with Gasteiger partial charge in [0.05, 0.1) is 0 Å². The quantitative estimate of drug-likeness (QED) is 0.735. The van der Waals surface area contributed by atoms with Gasteiger partial charge in [0, 0.05) is 6.20 Å². The Kier molecular flexibility index (Phi) is 3.87. The Hall–Kier alpha value is -2.69. The molecule has 2 heterocycles. The van der Waals surface area contributed by atoms with E-state index in [-0.39, 0.29) is 6.61 Å². The number of pyridine rings is 1. The third kappa shape index (κ3) is 2.98. The molecule has 3 aromatic rings. The third-order valence-electron chi connectivity index (χ3n) is 3.48. The molecular weight excluding hydrogens is 278 g/mol. The van der Waals surface area contributed by atoms with E-state index in [4.69, 9.17) is 9.26 Å². The number of hydrogen-bond acceptors (Lipinski definition) is 5. The van der Waals surface area contributed by atoms with E-state index in [1.54, 1.807) is 6.20 Å². The van der Waals surface area contributed by atoms with E-state index < -0.39 is 0 Å². The molecule has 5 heteroatoms. The molecule has 0 amide bonds. The van der Waals surface area contributed by atoms with E-state index in [9.17, 15) is 0 Å². The minimum absolute atomic E-state index is 0.240. The lowest BCUT2D eigenvalue weighted by molar-refractivity contribution is 0.241. The molecule has 3 rings (SSSR count). The van der Waals surface area contributed by atoms with Crippen LogP contribution in [0.1, 0.15) is 22.6 Å². The van der Waals surface area contributed by atoms with Gasteiger partial charge in [-0.3, -0.25) is 4.98 Å². The summed E-state index contributed by atoms with van der Waals surface area (Å²) >= 11 is 0. The highest BCUT2D eigenvalue weighted by molar-refractivity contribution is 5.47. The highest BCUT2D eigenvalue weighted by Crippen LogP contribution is 2.24. The first kappa shape index (κ1) is 14.3. The highest BCUT2D eigenvalue weighted by atomic mass is 16.5. The van der Waals surface area contributed by atoms with Crippen molar-refractivity contribution in [2.75, 3.05) is 0 Å². The molecule has 0 aliphatic carbocycles. The molecule has 0 aliphatic rings. The van der Waals surface area contributed by atoms with Crippen molar-refractivity contribution in [2.45, 2.75) is 27.4 Å². The molecule has 1 aromatic carbocycles. The Balaban J connectivity index is 1.74. The summed E-state index contributed by atoms with van der Waals surface area (Å²) in [6.07, 6.45) is 1.70. The van der Waals surface area contributed by atoms with E-state index in [1.807, 2.05) is 38.1 Å². The predicted molar refractivity (Wildman–Crippen MR) is 82.5 cm³/mol. The Bertz CT molecular complexity index is 782. The van der Waals surface area contributed by atoms with Crippen molar-refractivity contribution in [3.05, 3.63) is 59.1 Å². The van der Waals surface area contributed by atoms with Crippen molar-refractivity contribution in [3.63, 3.8) is 0 Å². The van der Waals surface area contributed by atoms with Crippen LogP contribution >= 0.6 is 0 Å². The van der Waals surface area contributed by atoms with E-state index in [2.05, 4.69) is 28.1 Å². The lowest BCUT2D eigenvalue weighted by atomic mass is 10.1. The standard InChI is InChI=1S/C17H17N3O2/c1-11-8-12(2)13(3)15(9-11)21-10-16-19-17(20-22-16)14-6-4-5-7-18-14/h4-9H,10H2,1-3H3. The Morgan fingerprint density at radius 3 is 2.77 bits per heavy atom. The number of aromatic nitrogens is 3. The van der Waals surface area contributed by atoms with Crippen molar-refractivity contribution < 1.29 is 9.26 Å². The largest absolute Gasteiger partial charge is 0.483 e. The van der Waals surface area contributed by atoms with Crippen molar-refractivity contribution in [1.82, 2.24) is 15.1 Å². The maximum Gasteiger partial charge on any atom is 0.264 e. The summed E-state index contributed by atoms with van der Waals surface area (Å²) < 4.78 is 11.0. The maximum atomic E-state index is 5.82.